The van der Waals surface area contributed by atoms with Crippen LogP contribution in [0.15, 0.2) is 48.5 Å². The molecule has 9 nitrogen and oxygen atoms in total. The molecule has 9 heteroatoms. The van der Waals surface area contributed by atoms with Gasteiger partial charge in [0.2, 0.25) is 0 Å². The summed E-state index contributed by atoms with van der Waals surface area (Å²) in [6.45, 7) is 6.91. The number of carbonyl (C=O) groups excluding carboxylic acids is 1. The predicted octanol–water partition coefficient (Wildman–Crippen LogP) is 5.07. The van der Waals surface area contributed by atoms with Gasteiger partial charge in [-0.2, -0.15) is 5.26 Å². The van der Waals surface area contributed by atoms with Crippen molar-refractivity contribution in [2.75, 3.05) is 46.3 Å². The minimum Gasteiger partial charge on any atom is -0.497 e. The third-order valence-corrected chi connectivity index (χ3v) is 5.51. The first-order valence-electron chi connectivity index (χ1n) is 11.9. The maximum Gasteiger partial charge on any atom is 0.410 e. The van der Waals surface area contributed by atoms with E-state index in [2.05, 4.69) is 11.1 Å². The van der Waals surface area contributed by atoms with Gasteiger partial charge in [-0.3, -0.25) is 0 Å². The van der Waals surface area contributed by atoms with E-state index in [9.17, 15) is 10.1 Å². The van der Waals surface area contributed by atoms with E-state index in [1.54, 1.807) is 19.1 Å². The SMILES string of the molecule is COCCN(CCOc1ccc(-c2[nH]c(N)c(C#N)c2-c2ccc(OC)cc2)cc1)C(=O)OC(C)(C)C. The molecule has 0 saturated heterocycles. The molecular weight excluding hydrogens is 472 g/mol. The zero-order chi connectivity index (χ0) is 27.0. The fourth-order valence-electron chi connectivity index (χ4n) is 3.71. The number of nitrogens with zero attached hydrogens (tertiary/aromatic N) is 2. The Morgan fingerprint density at radius 2 is 1.57 bits per heavy atom. The summed E-state index contributed by atoms with van der Waals surface area (Å²) in [5.74, 6) is 1.67. The molecule has 0 spiro atoms. The van der Waals surface area contributed by atoms with Gasteiger partial charge in [0, 0.05) is 19.2 Å². The molecule has 37 heavy (non-hydrogen) atoms. The summed E-state index contributed by atoms with van der Waals surface area (Å²) >= 11 is 0. The quantitative estimate of drug-likeness (QED) is 0.393. The van der Waals surface area contributed by atoms with Gasteiger partial charge < -0.3 is 34.6 Å². The number of H-pyrrole nitrogens is 1. The molecule has 1 aromatic heterocycles. The average molecular weight is 507 g/mol. The van der Waals surface area contributed by atoms with Crippen LogP contribution in [0.1, 0.15) is 26.3 Å². The number of benzene rings is 2. The Hall–Kier alpha value is -4.16. The van der Waals surface area contributed by atoms with Crippen LogP contribution in [-0.4, -0.2) is 62.1 Å². The molecule has 196 valence electrons. The van der Waals surface area contributed by atoms with Crippen molar-refractivity contribution in [1.29, 1.82) is 5.26 Å². The maximum atomic E-state index is 12.5. The molecule has 0 bridgehead atoms. The van der Waals surface area contributed by atoms with Gasteiger partial charge in [0.15, 0.2) is 0 Å². The Morgan fingerprint density at radius 1 is 0.973 bits per heavy atom. The lowest BCUT2D eigenvalue weighted by Crippen LogP contribution is -2.40. The highest BCUT2D eigenvalue weighted by atomic mass is 16.6. The highest BCUT2D eigenvalue weighted by Crippen LogP contribution is 2.38. The van der Waals surface area contributed by atoms with Crippen LogP contribution in [0.2, 0.25) is 0 Å². The summed E-state index contributed by atoms with van der Waals surface area (Å²) in [6, 6.07) is 17.1. The van der Waals surface area contributed by atoms with Crippen LogP contribution in [0.25, 0.3) is 22.4 Å². The van der Waals surface area contributed by atoms with E-state index in [-0.39, 0.29) is 6.61 Å². The van der Waals surface area contributed by atoms with Crippen LogP contribution in [0, 0.1) is 11.3 Å². The number of anilines is 1. The third-order valence-electron chi connectivity index (χ3n) is 5.51. The van der Waals surface area contributed by atoms with Gasteiger partial charge >= 0.3 is 6.09 Å². The first-order chi connectivity index (χ1) is 17.7. The largest absolute Gasteiger partial charge is 0.497 e. The molecular formula is C28H34N4O5. The molecule has 0 aliphatic heterocycles. The van der Waals surface area contributed by atoms with Crippen molar-refractivity contribution in [2.45, 2.75) is 26.4 Å². The number of nitriles is 1. The Morgan fingerprint density at radius 3 is 2.14 bits per heavy atom. The molecule has 0 fully saturated rings. The van der Waals surface area contributed by atoms with Crippen LogP contribution >= 0.6 is 0 Å². The highest BCUT2D eigenvalue weighted by Gasteiger charge is 2.22. The van der Waals surface area contributed by atoms with Crippen molar-refractivity contribution in [3.63, 3.8) is 0 Å². The van der Waals surface area contributed by atoms with Crippen molar-refractivity contribution in [1.82, 2.24) is 9.88 Å². The number of carbonyl (C=O) groups is 1. The number of methoxy groups -OCH3 is 2. The molecule has 0 radical (unpaired) electrons. The lowest BCUT2D eigenvalue weighted by molar-refractivity contribution is 0.0177. The molecule has 0 unspecified atom stereocenters. The van der Waals surface area contributed by atoms with Gasteiger partial charge in [-0.25, -0.2) is 4.79 Å². The second kappa shape index (κ2) is 12.2. The number of nitrogens with two attached hydrogens (primary N) is 1. The number of hydrogen-bond donors (Lipinski definition) is 2. The first-order valence-corrected chi connectivity index (χ1v) is 11.9. The number of aromatic nitrogens is 1. The van der Waals surface area contributed by atoms with E-state index in [4.69, 9.17) is 24.7 Å². The number of rotatable bonds is 10. The fourth-order valence-corrected chi connectivity index (χ4v) is 3.71. The van der Waals surface area contributed by atoms with E-state index in [1.807, 2.05) is 69.3 Å². The topological polar surface area (TPSA) is 123 Å². The highest BCUT2D eigenvalue weighted by molar-refractivity contribution is 5.90. The van der Waals surface area contributed by atoms with E-state index >= 15 is 0 Å². The molecule has 3 N–H and O–H groups in total. The molecule has 0 atom stereocenters. The summed E-state index contributed by atoms with van der Waals surface area (Å²) in [6.07, 6.45) is -0.410. The number of amides is 1. The summed E-state index contributed by atoms with van der Waals surface area (Å²) in [5, 5.41) is 9.72. The second-order valence-electron chi connectivity index (χ2n) is 9.34. The standard InChI is InChI=1S/C28H34N4O5/c1-28(2,3)37-27(33)32(14-16-34-4)15-17-36-22-12-8-20(9-13-22)25-24(23(18-29)26(30)31-25)19-6-10-21(35-5)11-7-19/h6-13,31H,14-17,30H2,1-5H3. The smallest absolute Gasteiger partial charge is 0.410 e. The fraction of sp³-hybridized carbons (Fsp3) is 0.357. The summed E-state index contributed by atoms with van der Waals surface area (Å²) in [5.41, 5.74) is 9.08. The average Bonchev–Trinajstić information content (AvgIpc) is 3.21. The van der Waals surface area contributed by atoms with Gasteiger partial charge in [0.1, 0.15) is 41.2 Å². The molecule has 3 aromatic rings. The lowest BCUT2D eigenvalue weighted by Gasteiger charge is -2.27. The van der Waals surface area contributed by atoms with Crippen molar-refractivity contribution >= 4 is 11.9 Å². The Balaban J connectivity index is 1.74. The van der Waals surface area contributed by atoms with Crippen LogP contribution < -0.4 is 15.2 Å². The summed E-state index contributed by atoms with van der Waals surface area (Å²) < 4.78 is 21.7. The molecule has 0 saturated carbocycles. The van der Waals surface area contributed by atoms with Crippen LogP contribution in [-0.2, 0) is 9.47 Å². The predicted molar refractivity (Wildman–Crippen MR) is 143 cm³/mol. The Bertz CT molecular complexity index is 1220. The minimum absolute atomic E-state index is 0.285. The number of hydrogen-bond acceptors (Lipinski definition) is 7. The number of aromatic amines is 1. The van der Waals surface area contributed by atoms with E-state index in [0.29, 0.717) is 36.8 Å². The van der Waals surface area contributed by atoms with Crippen LogP contribution in [0.4, 0.5) is 10.6 Å². The normalized spacial score (nSPS) is 11.0. The monoisotopic (exact) mass is 506 g/mol. The number of ether oxygens (including phenoxy) is 4. The molecule has 2 aromatic carbocycles. The van der Waals surface area contributed by atoms with Gasteiger partial charge in [0.25, 0.3) is 0 Å². The van der Waals surface area contributed by atoms with Crippen molar-refractivity contribution in [3.8, 4) is 40.0 Å². The van der Waals surface area contributed by atoms with Gasteiger partial charge in [-0.05, 0) is 68.3 Å². The second-order valence-corrected chi connectivity index (χ2v) is 9.34. The van der Waals surface area contributed by atoms with E-state index in [0.717, 1.165) is 28.1 Å². The van der Waals surface area contributed by atoms with Gasteiger partial charge in [-0.1, -0.05) is 12.1 Å². The number of nitrogens with one attached hydrogen (secondary N) is 1. The summed E-state index contributed by atoms with van der Waals surface area (Å²) in [4.78, 5) is 17.2. The van der Waals surface area contributed by atoms with E-state index < -0.39 is 11.7 Å². The van der Waals surface area contributed by atoms with Gasteiger partial charge in [-0.15, -0.1) is 0 Å². The molecule has 0 aliphatic rings. The lowest BCUT2D eigenvalue weighted by atomic mass is 9.98. The van der Waals surface area contributed by atoms with Crippen LogP contribution in [0.5, 0.6) is 11.5 Å². The maximum absolute atomic E-state index is 12.5. The zero-order valence-electron chi connectivity index (χ0n) is 22.0. The van der Waals surface area contributed by atoms with Crippen molar-refractivity contribution < 1.29 is 23.7 Å². The zero-order valence-corrected chi connectivity index (χ0v) is 22.0. The Labute approximate surface area is 217 Å². The Kier molecular flexibility index (Phi) is 9.04. The number of nitrogen functional groups attached to an aromatic ring is 1. The minimum atomic E-state index is -0.587. The van der Waals surface area contributed by atoms with Gasteiger partial charge in [0.05, 0.1) is 26.0 Å². The molecule has 1 heterocycles. The van der Waals surface area contributed by atoms with Crippen molar-refractivity contribution in [2.24, 2.45) is 0 Å². The van der Waals surface area contributed by atoms with E-state index in [1.165, 1.54) is 0 Å². The third kappa shape index (κ3) is 7.18. The molecule has 3 rings (SSSR count). The first kappa shape index (κ1) is 27.4. The molecule has 1 amide bonds. The summed E-state index contributed by atoms with van der Waals surface area (Å²) in [7, 11) is 3.19. The van der Waals surface area contributed by atoms with Crippen molar-refractivity contribution in [3.05, 3.63) is 54.1 Å². The van der Waals surface area contributed by atoms with Crippen LogP contribution in [0.3, 0.4) is 0 Å². The molecule has 0 aliphatic carbocycles.